The fourth-order valence-electron chi connectivity index (χ4n) is 2.08. The second kappa shape index (κ2) is 13.3. The van der Waals surface area contributed by atoms with Crippen molar-refractivity contribution in [3.63, 3.8) is 0 Å². The molecule has 0 aliphatic rings. The van der Waals surface area contributed by atoms with Crippen molar-refractivity contribution < 1.29 is 71.2 Å². The molecule has 0 aliphatic heterocycles. The zero-order valence-electron chi connectivity index (χ0n) is 16.0. The van der Waals surface area contributed by atoms with Crippen molar-refractivity contribution >= 4 is 34.9 Å². The molecule has 2 N–H and O–H groups in total. The number of rotatable bonds is 5. The fraction of sp³-hybridized carbons (Fsp3) is 0.0952. The maximum atomic E-state index is 10.7. The Bertz CT molecular complexity index is 919. The van der Waals surface area contributed by atoms with Gasteiger partial charge >= 0.3 is 57.4 Å². The van der Waals surface area contributed by atoms with Crippen LogP contribution in [-0.2, 0) is 11.4 Å². The summed E-state index contributed by atoms with van der Waals surface area (Å²) in [6, 6.07) is 18.3. The van der Waals surface area contributed by atoms with Crippen molar-refractivity contribution in [3.05, 3.63) is 98.9 Å². The Hall–Kier alpha value is -1.09. The van der Waals surface area contributed by atoms with Crippen LogP contribution >= 0.6 is 23.2 Å². The number of phenolic OH excluding ortho intramolecular Hbond substituents is 1. The van der Waals surface area contributed by atoms with E-state index in [1.807, 2.05) is 13.0 Å². The van der Waals surface area contributed by atoms with Gasteiger partial charge in [-0.05, 0) is 48.9 Å². The van der Waals surface area contributed by atoms with Crippen LogP contribution in [0.3, 0.4) is 0 Å². The summed E-state index contributed by atoms with van der Waals surface area (Å²) in [6.07, 6.45) is 0. The largest absolute Gasteiger partial charge is 1.00 e. The normalized spacial score (nSPS) is 9.62. The molecule has 3 aromatic rings. The number of carboxylic acid groups (broad SMARTS) is 1. The van der Waals surface area contributed by atoms with Crippen LogP contribution < -0.4 is 51.4 Å². The Balaban J connectivity index is 0.000000394. The van der Waals surface area contributed by atoms with Gasteiger partial charge in [0.25, 0.3) is 0 Å². The molecule has 0 unspecified atom stereocenters. The number of aryl methyl sites for hydroxylation is 1. The van der Waals surface area contributed by atoms with E-state index in [1.54, 1.807) is 42.5 Å². The van der Waals surface area contributed by atoms with Gasteiger partial charge in [0.05, 0.1) is 12.2 Å². The summed E-state index contributed by atoms with van der Waals surface area (Å²) < 4.78 is 0. The van der Waals surface area contributed by atoms with Crippen LogP contribution in [0, 0.1) is 6.92 Å². The molecule has 0 fully saturated rings. The molecule has 0 atom stereocenters. The molecule has 3 aromatic carbocycles. The average molecular weight is 458 g/mol. The monoisotopic (exact) mass is 457 g/mol. The van der Waals surface area contributed by atoms with Crippen LogP contribution in [0.25, 0.3) is 5.48 Å². The van der Waals surface area contributed by atoms with Crippen molar-refractivity contribution in [2.75, 3.05) is 0 Å². The molecule has 0 radical (unpaired) electrons. The van der Waals surface area contributed by atoms with Gasteiger partial charge in [0.1, 0.15) is 5.75 Å². The minimum absolute atomic E-state index is 0. The van der Waals surface area contributed by atoms with E-state index in [1.165, 1.54) is 18.2 Å². The van der Waals surface area contributed by atoms with Crippen LogP contribution in [-0.4, -0.2) is 16.2 Å². The smallest absolute Gasteiger partial charge is 0.561 e. The van der Waals surface area contributed by atoms with Crippen LogP contribution in [0.15, 0.2) is 66.7 Å². The number of benzene rings is 3. The zero-order valence-corrected chi connectivity index (χ0v) is 20.6. The molecule has 0 heterocycles. The number of phenols is 1. The third kappa shape index (κ3) is 9.50. The molecule has 0 aliphatic carbocycles. The summed E-state index contributed by atoms with van der Waals surface area (Å²) in [5, 5.41) is 18.7. The van der Waals surface area contributed by atoms with Gasteiger partial charge in [0.2, 0.25) is 0 Å². The third-order valence-corrected chi connectivity index (χ3v) is 4.04. The van der Waals surface area contributed by atoms with Gasteiger partial charge < -0.3 is 20.5 Å². The van der Waals surface area contributed by atoms with Gasteiger partial charge in [0.15, 0.2) is 0 Å². The number of hydrogen-bond acceptors (Lipinski definition) is 3. The number of hydrogen-bond donors (Lipinski definition) is 2. The molecule has 3 rings (SSSR count). The standard InChI is InChI=1S/C15H13ClNO3.C6H5ClO.K/c1-10-2-7-13(16)8-14(10)17-20-9-11-3-5-12(6-4-11)15(18)19;7-5-2-1-3-6(8)4-5;/h2-8H,9H2,1H3,(H,18,19);1-4,8H;/q-1;;+1. The molecular weight excluding hydrogens is 440 g/mol. The summed E-state index contributed by atoms with van der Waals surface area (Å²) in [5.41, 5.74) is 6.76. The van der Waals surface area contributed by atoms with Gasteiger partial charge in [-0.25, -0.2) is 4.79 Å². The first-order valence-corrected chi connectivity index (χ1v) is 8.96. The number of aromatic carboxylic acids is 1. The van der Waals surface area contributed by atoms with Crippen LogP contribution in [0.4, 0.5) is 5.69 Å². The van der Waals surface area contributed by atoms with Gasteiger partial charge in [-0.3, -0.25) is 0 Å². The first-order chi connectivity index (χ1) is 13.3. The molecule has 5 nitrogen and oxygen atoms in total. The van der Waals surface area contributed by atoms with E-state index in [9.17, 15) is 4.79 Å². The van der Waals surface area contributed by atoms with Crippen molar-refractivity contribution in [2.24, 2.45) is 0 Å². The van der Waals surface area contributed by atoms with E-state index < -0.39 is 5.97 Å². The Kier molecular flexibility index (Phi) is 11.9. The fourth-order valence-corrected chi connectivity index (χ4v) is 2.43. The van der Waals surface area contributed by atoms with E-state index >= 15 is 0 Å². The van der Waals surface area contributed by atoms with Crippen molar-refractivity contribution in [3.8, 4) is 5.75 Å². The maximum Gasteiger partial charge on any atom is 1.00 e. The van der Waals surface area contributed by atoms with Crippen LogP contribution in [0.2, 0.25) is 10.0 Å². The van der Waals surface area contributed by atoms with Crippen molar-refractivity contribution in [1.29, 1.82) is 0 Å². The molecule has 0 saturated carbocycles. The number of nitrogens with zero attached hydrogens (tertiary/aromatic N) is 1. The SMILES string of the molecule is Cc1ccc(Cl)cc1[N-]OCc1ccc(C(=O)O)cc1.Oc1cccc(Cl)c1.[K+]. The summed E-state index contributed by atoms with van der Waals surface area (Å²) in [6.45, 7) is 2.19. The van der Waals surface area contributed by atoms with Gasteiger partial charge in [-0.15, -0.1) is 5.69 Å². The molecule has 29 heavy (non-hydrogen) atoms. The quantitative estimate of drug-likeness (QED) is 0.453. The number of aromatic hydroxyl groups is 1. The maximum absolute atomic E-state index is 10.7. The predicted molar refractivity (Wildman–Crippen MR) is 111 cm³/mol. The number of carboxylic acids is 1. The molecule has 0 aromatic heterocycles. The van der Waals surface area contributed by atoms with E-state index in [-0.39, 0.29) is 69.3 Å². The summed E-state index contributed by atoms with van der Waals surface area (Å²) >= 11 is 11.4. The van der Waals surface area contributed by atoms with E-state index in [0.29, 0.717) is 15.7 Å². The molecule has 8 heteroatoms. The van der Waals surface area contributed by atoms with Crippen LogP contribution in [0.1, 0.15) is 21.5 Å². The summed E-state index contributed by atoms with van der Waals surface area (Å²) in [4.78, 5) is 16.0. The van der Waals surface area contributed by atoms with E-state index in [4.69, 9.17) is 38.3 Å². The third-order valence-electron chi connectivity index (χ3n) is 3.57. The minimum Gasteiger partial charge on any atom is -0.561 e. The molecule has 0 saturated heterocycles. The topological polar surface area (TPSA) is 80.9 Å². The Morgan fingerprint density at radius 1 is 1.00 bits per heavy atom. The summed E-state index contributed by atoms with van der Waals surface area (Å²) in [5.74, 6) is -0.741. The van der Waals surface area contributed by atoms with Gasteiger partial charge in [0, 0.05) is 10.0 Å². The number of halogens is 2. The predicted octanol–water partition coefficient (Wildman–Crippen LogP) is 3.53. The number of carbonyl (C=O) groups is 1. The zero-order chi connectivity index (χ0) is 20.5. The molecule has 0 amide bonds. The van der Waals surface area contributed by atoms with Crippen molar-refractivity contribution in [1.82, 2.24) is 0 Å². The Morgan fingerprint density at radius 2 is 1.66 bits per heavy atom. The molecule has 0 bridgehead atoms. The minimum atomic E-state index is -0.947. The first-order valence-electron chi connectivity index (χ1n) is 8.21. The second-order valence-electron chi connectivity index (χ2n) is 5.78. The second-order valence-corrected chi connectivity index (χ2v) is 6.65. The van der Waals surface area contributed by atoms with Gasteiger partial charge in [-0.2, -0.15) is 0 Å². The average Bonchev–Trinajstić information content (AvgIpc) is 2.65. The van der Waals surface area contributed by atoms with E-state index in [0.717, 1.165) is 11.1 Å². The summed E-state index contributed by atoms with van der Waals surface area (Å²) in [7, 11) is 0. The molecular formula is C21H18Cl2KNO4. The van der Waals surface area contributed by atoms with Crippen LogP contribution in [0.5, 0.6) is 5.75 Å². The van der Waals surface area contributed by atoms with Gasteiger partial charge in [-0.1, -0.05) is 59.1 Å². The van der Waals surface area contributed by atoms with E-state index in [2.05, 4.69) is 5.48 Å². The van der Waals surface area contributed by atoms with Crippen molar-refractivity contribution in [2.45, 2.75) is 13.5 Å². The molecule has 146 valence electrons. The Morgan fingerprint density at radius 3 is 2.21 bits per heavy atom. The Labute approximate surface area is 222 Å². The first kappa shape index (κ1) is 25.9. The molecule has 0 spiro atoms.